The Kier molecular flexibility index (Phi) is 8.00. The number of nitrogens with zero attached hydrogens (tertiary/aromatic N) is 3. The standard InChI is InChI=1S/C31H25FN4O5/c1-39-26-16-20(17-27(40-2)29(26)41-19-28(37)34-25-15-9-7-13-23(25)32)18-33-36-30(21-10-4-3-5-11-21)35-24-14-8-6-12-22(24)31(36)38/h3-18H,19H2,1-2H3,(H,34,37). The lowest BCUT2D eigenvalue weighted by molar-refractivity contribution is -0.118. The van der Waals surface area contributed by atoms with Gasteiger partial charge in [-0.05, 0) is 36.4 Å². The van der Waals surface area contributed by atoms with Crippen molar-refractivity contribution in [2.45, 2.75) is 0 Å². The number of methoxy groups -OCH3 is 2. The molecule has 0 saturated heterocycles. The minimum absolute atomic E-state index is 0.0416. The summed E-state index contributed by atoms with van der Waals surface area (Å²) in [5.74, 6) is -0.0542. The zero-order valence-corrected chi connectivity index (χ0v) is 22.2. The number of hydrogen-bond donors (Lipinski definition) is 1. The van der Waals surface area contributed by atoms with Crippen LogP contribution in [0.2, 0.25) is 0 Å². The number of amides is 1. The second-order valence-corrected chi connectivity index (χ2v) is 8.75. The average molecular weight is 553 g/mol. The van der Waals surface area contributed by atoms with Gasteiger partial charge in [-0.3, -0.25) is 9.59 Å². The van der Waals surface area contributed by atoms with Crippen molar-refractivity contribution in [2.75, 3.05) is 26.1 Å². The lowest BCUT2D eigenvalue weighted by atomic mass is 10.2. The molecule has 0 fully saturated rings. The first-order valence-electron chi connectivity index (χ1n) is 12.5. The molecule has 1 heterocycles. The number of nitrogens with one attached hydrogen (secondary N) is 1. The number of rotatable bonds is 9. The Bertz CT molecular complexity index is 1780. The lowest BCUT2D eigenvalue weighted by Gasteiger charge is -2.15. The molecule has 0 radical (unpaired) electrons. The van der Waals surface area contributed by atoms with Crippen molar-refractivity contribution in [3.8, 4) is 28.6 Å². The fraction of sp³-hybridized carbons (Fsp3) is 0.0968. The highest BCUT2D eigenvalue weighted by Crippen LogP contribution is 2.38. The highest BCUT2D eigenvalue weighted by atomic mass is 19.1. The number of para-hydroxylation sites is 2. The molecule has 1 amide bonds. The van der Waals surface area contributed by atoms with Crippen molar-refractivity contribution >= 4 is 28.7 Å². The van der Waals surface area contributed by atoms with E-state index in [1.807, 2.05) is 36.4 Å². The van der Waals surface area contributed by atoms with Crippen LogP contribution in [0.3, 0.4) is 0 Å². The molecule has 0 saturated carbocycles. The Balaban J connectivity index is 1.46. The van der Waals surface area contributed by atoms with Gasteiger partial charge in [0.1, 0.15) is 5.82 Å². The van der Waals surface area contributed by atoms with Crippen LogP contribution in [-0.2, 0) is 4.79 Å². The summed E-state index contributed by atoms with van der Waals surface area (Å²) in [4.78, 5) is 30.5. The van der Waals surface area contributed by atoms with Gasteiger partial charge >= 0.3 is 0 Å². The number of aromatic nitrogens is 2. The normalized spacial score (nSPS) is 11.0. The van der Waals surface area contributed by atoms with E-state index < -0.39 is 18.3 Å². The van der Waals surface area contributed by atoms with Crippen molar-refractivity contribution in [3.05, 3.63) is 113 Å². The van der Waals surface area contributed by atoms with Gasteiger partial charge in [-0.1, -0.05) is 54.6 Å². The topological polar surface area (TPSA) is 104 Å². The summed E-state index contributed by atoms with van der Waals surface area (Å²) in [5.41, 5.74) is 1.53. The lowest BCUT2D eigenvalue weighted by Crippen LogP contribution is -2.21. The van der Waals surface area contributed by atoms with E-state index in [9.17, 15) is 14.0 Å². The van der Waals surface area contributed by atoms with E-state index >= 15 is 0 Å². The summed E-state index contributed by atoms with van der Waals surface area (Å²) in [5, 5.41) is 7.37. The van der Waals surface area contributed by atoms with E-state index in [0.29, 0.717) is 22.3 Å². The zero-order valence-electron chi connectivity index (χ0n) is 22.2. The summed E-state index contributed by atoms with van der Waals surface area (Å²) < 4.78 is 31.8. The molecular weight excluding hydrogens is 527 g/mol. The molecule has 0 unspecified atom stereocenters. The van der Waals surface area contributed by atoms with Gasteiger partial charge in [-0.25, -0.2) is 9.37 Å². The Hall–Kier alpha value is -5.51. The predicted molar refractivity (Wildman–Crippen MR) is 155 cm³/mol. The van der Waals surface area contributed by atoms with Crippen LogP contribution in [-0.4, -0.2) is 42.6 Å². The molecule has 0 spiro atoms. The summed E-state index contributed by atoms with van der Waals surface area (Å²) in [6.45, 7) is -0.424. The first-order valence-corrected chi connectivity index (χ1v) is 12.5. The van der Waals surface area contributed by atoms with Gasteiger partial charge in [0.15, 0.2) is 23.9 Å². The van der Waals surface area contributed by atoms with Crippen LogP contribution in [0, 0.1) is 5.82 Å². The highest BCUT2D eigenvalue weighted by molar-refractivity contribution is 5.92. The number of hydrogen-bond acceptors (Lipinski definition) is 7. The summed E-state index contributed by atoms with van der Waals surface area (Å²) in [6, 6.07) is 25.4. The van der Waals surface area contributed by atoms with Crippen molar-refractivity contribution < 1.29 is 23.4 Å². The van der Waals surface area contributed by atoms with Gasteiger partial charge in [0.05, 0.1) is 37.0 Å². The molecule has 1 aromatic heterocycles. The Morgan fingerprint density at radius 3 is 2.32 bits per heavy atom. The highest BCUT2D eigenvalue weighted by Gasteiger charge is 2.17. The first-order chi connectivity index (χ1) is 20.0. The van der Waals surface area contributed by atoms with Crippen molar-refractivity contribution in [1.29, 1.82) is 0 Å². The second-order valence-electron chi connectivity index (χ2n) is 8.75. The Morgan fingerprint density at radius 1 is 0.951 bits per heavy atom. The quantitative estimate of drug-likeness (QED) is 0.255. The second kappa shape index (κ2) is 12.1. The summed E-state index contributed by atoms with van der Waals surface area (Å²) in [7, 11) is 2.88. The predicted octanol–water partition coefficient (Wildman–Crippen LogP) is 5.12. The molecule has 4 aromatic carbocycles. The molecule has 1 N–H and O–H groups in total. The van der Waals surface area contributed by atoms with Crippen molar-refractivity contribution in [3.63, 3.8) is 0 Å². The fourth-order valence-corrected chi connectivity index (χ4v) is 4.13. The molecule has 5 aromatic rings. The fourth-order valence-electron chi connectivity index (χ4n) is 4.13. The van der Waals surface area contributed by atoms with E-state index in [-0.39, 0.29) is 28.5 Å². The van der Waals surface area contributed by atoms with Gasteiger partial charge in [-0.2, -0.15) is 9.78 Å². The number of anilines is 1. The maximum absolute atomic E-state index is 13.9. The maximum Gasteiger partial charge on any atom is 0.282 e. The molecule has 0 aliphatic carbocycles. The largest absolute Gasteiger partial charge is 0.493 e. The van der Waals surface area contributed by atoms with E-state index in [0.717, 1.165) is 5.56 Å². The SMILES string of the molecule is COc1cc(C=Nn2c(-c3ccccc3)nc3ccccc3c2=O)cc(OC)c1OCC(=O)Nc1ccccc1F. The van der Waals surface area contributed by atoms with Gasteiger partial charge in [0.2, 0.25) is 5.75 Å². The maximum atomic E-state index is 13.9. The third-order valence-corrected chi connectivity index (χ3v) is 6.09. The van der Waals surface area contributed by atoms with Crippen LogP contribution in [0.4, 0.5) is 10.1 Å². The molecule has 41 heavy (non-hydrogen) atoms. The third kappa shape index (κ3) is 5.91. The summed E-state index contributed by atoms with van der Waals surface area (Å²) >= 11 is 0. The number of benzene rings is 4. The number of carbonyl (C=O) groups is 1. The van der Waals surface area contributed by atoms with Crippen molar-refractivity contribution in [2.24, 2.45) is 5.10 Å². The first kappa shape index (κ1) is 27.1. The van der Waals surface area contributed by atoms with Gasteiger partial charge in [-0.15, -0.1) is 0 Å². The third-order valence-electron chi connectivity index (χ3n) is 6.09. The number of ether oxygens (including phenoxy) is 3. The van der Waals surface area contributed by atoms with Crippen LogP contribution in [0.5, 0.6) is 17.2 Å². The van der Waals surface area contributed by atoms with Crippen LogP contribution in [0.25, 0.3) is 22.3 Å². The van der Waals surface area contributed by atoms with E-state index in [1.165, 1.54) is 43.3 Å². The Morgan fingerprint density at radius 2 is 1.61 bits per heavy atom. The monoisotopic (exact) mass is 552 g/mol. The molecule has 5 rings (SSSR count). The molecule has 9 nitrogen and oxygen atoms in total. The van der Waals surface area contributed by atoms with E-state index in [4.69, 9.17) is 19.2 Å². The van der Waals surface area contributed by atoms with Gasteiger partial charge in [0.25, 0.3) is 11.5 Å². The summed E-state index contributed by atoms with van der Waals surface area (Å²) in [6.07, 6.45) is 1.48. The van der Waals surface area contributed by atoms with E-state index in [2.05, 4.69) is 10.4 Å². The molecule has 0 aliphatic heterocycles. The van der Waals surface area contributed by atoms with Gasteiger partial charge in [0, 0.05) is 11.1 Å². The smallest absolute Gasteiger partial charge is 0.282 e. The molecule has 0 aliphatic rings. The molecule has 0 bridgehead atoms. The molecule has 206 valence electrons. The van der Waals surface area contributed by atoms with E-state index in [1.54, 1.807) is 36.4 Å². The van der Waals surface area contributed by atoms with Crippen LogP contribution in [0.15, 0.2) is 101 Å². The van der Waals surface area contributed by atoms with Crippen LogP contribution >= 0.6 is 0 Å². The van der Waals surface area contributed by atoms with Crippen LogP contribution in [0.1, 0.15) is 5.56 Å². The number of halogens is 1. The Labute approximate surface area is 234 Å². The van der Waals surface area contributed by atoms with Crippen LogP contribution < -0.4 is 25.1 Å². The number of fused-ring (bicyclic) bond motifs is 1. The average Bonchev–Trinajstić information content (AvgIpc) is 3.00. The van der Waals surface area contributed by atoms with Gasteiger partial charge < -0.3 is 19.5 Å². The minimum Gasteiger partial charge on any atom is -0.493 e. The van der Waals surface area contributed by atoms with Crippen molar-refractivity contribution in [1.82, 2.24) is 9.66 Å². The number of carbonyl (C=O) groups excluding carboxylic acids is 1. The minimum atomic E-state index is -0.568. The molecule has 10 heteroatoms. The zero-order chi connectivity index (χ0) is 28.8. The molecule has 0 atom stereocenters. The molecular formula is C31H25FN4O5.